The minimum Gasteiger partial charge on any atom is -0.343 e. The molecule has 2 aromatic carbocycles. The van der Waals surface area contributed by atoms with E-state index in [0.29, 0.717) is 23.8 Å². The van der Waals surface area contributed by atoms with Gasteiger partial charge in [0.1, 0.15) is 0 Å². The van der Waals surface area contributed by atoms with Crippen molar-refractivity contribution in [1.82, 2.24) is 9.62 Å². The van der Waals surface area contributed by atoms with Gasteiger partial charge in [0.15, 0.2) is 0 Å². The van der Waals surface area contributed by atoms with Crippen molar-refractivity contribution in [3.8, 4) is 0 Å². The van der Waals surface area contributed by atoms with Crippen molar-refractivity contribution in [1.29, 1.82) is 0 Å². The zero-order valence-electron chi connectivity index (χ0n) is 16.7. The van der Waals surface area contributed by atoms with Crippen LogP contribution >= 0.6 is 11.6 Å². The van der Waals surface area contributed by atoms with Crippen molar-refractivity contribution in [2.45, 2.75) is 31.1 Å². The molecule has 0 atom stereocenters. The van der Waals surface area contributed by atoms with E-state index >= 15 is 0 Å². The van der Waals surface area contributed by atoms with E-state index < -0.39 is 21.8 Å². The summed E-state index contributed by atoms with van der Waals surface area (Å²) in [6, 6.07) is 10.9. The number of halogens is 1. The Balaban J connectivity index is 1.58. The summed E-state index contributed by atoms with van der Waals surface area (Å²) in [5.74, 6) is -0.854. The molecule has 1 aliphatic heterocycles. The fourth-order valence-electron chi connectivity index (χ4n) is 3.23. The highest BCUT2D eigenvalue weighted by Crippen LogP contribution is 2.23. The number of amides is 2. The lowest BCUT2D eigenvalue weighted by atomic mass is 10.2. The summed E-state index contributed by atoms with van der Waals surface area (Å²) in [7, 11) is -3.55. The van der Waals surface area contributed by atoms with E-state index in [1.54, 1.807) is 25.1 Å². The standard InChI is InChI=1S/C21H24ClN3O4S/c1-15-18(22)6-5-7-19(15)24-20(26)14-23-21(27)16-8-10-17(11-9-16)30(28,29)25-12-3-2-4-13-25/h5-11H,2-4,12-14H2,1H3,(H,23,27)(H,24,26). The number of carbonyl (C=O) groups is 2. The van der Waals surface area contributed by atoms with Gasteiger partial charge < -0.3 is 10.6 Å². The predicted molar refractivity (Wildman–Crippen MR) is 116 cm³/mol. The average molecular weight is 450 g/mol. The predicted octanol–water partition coefficient (Wildman–Crippen LogP) is 3.19. The molecule has 0 bridgehead atoms. The van der Waals surface area contributed by atoms with Crippen molar-refractivity contribution < 1.29 is 18.0 Å². The van der Waals surface area contributed by atoms with Crippen LogP contribution in [0.25, 0.3) is 0 Å². The molecule has 2 amide bonds. The molecule has 0 spiro atoms. The van der Waals surface area contributed by atoms with Gasteiger partial charge in [0.2, 0.25) is 15.9 Å². The topological polar surface area (TPSA) is 95.6 Å². The third kappa shape index (κ3) is 5.19. The lowest BCUT2D eigenvalue weighted by molar-refractivity contribution is -0.115. The van der Waals surface area contributed by atoms with Crippen molar-refractivity contribution in [2.24, 2.45) is 0 Å². The van der Waals surface area contributed by atoms with Gasteiger partial charge in [-0.25, -0.2) is 8.42 Å². The molecule has 1 saturated heterocycles. The largest absolute Gasteiger partial charge is 0.343 e. The molecule has 7 nitrogen and oxygen atoms in total. The number of anilines is 1. The molecule has 0 radical (unpaired) electrons. The number of nitrogens with one attached hydrogen (secondary N) is 2. The van der Waals surface area contributed by atoms with E-state index in [2.05, 4.69) is 10.6 Å². The first-order valence-corrected chi connectivity index (χ1v) is 11.5. The lowest BCUT2D eigenvalue weighted by Gasteiger charge is -2.25. The highest BCUT2D eigenvalue weighted by molar-refractivity contribution is 7.89. The monoisotopic (exact) mass is 449 g/mol. The maximum Gasteiger partial charge on any atom is 0.251 e. The number of nitrogens with zero attached hydrogens (tertiary/aromatic N) is 1. The summed E-state index contributed by atoms with van der Waals surface area (Å²) < 4.78 is 26.8. The van der Waals surface area contributed by atoms with E-state index in [4.69, 9.17) is 11.6 Å². The van der Waals surface area contributed by atoms with Crippen LogP contribution in [0.3, 0.4) is 0 Å². The zero-order valence-corrected chi connectivity index (χ0v) is 18.2. The Morgan fingerprint density at radius 2 is 1.70 bits per heavy atom. The molecule has 0 aromatic heterocycles. The summed E-state index contributed by atoms with van der Waals surface area (Å²) in [5.41, 5.74) is 1.60. The molecule has 2 N–H and O–H groups in total. The molecule has 0 unspecified atom stereocenters. The molecule has 1 fully saturated rings. The Hall–Kier alpha value is -2.42. The van der Waals surface area contributed by atoms with Crippen LogP contribution in [0.1, 0.15) is 35.2 Å². The Bertz CT molecular complexity index is 1030. The van der Waals surface area contributed by atoms with Crippen LogP contribution in [0.5, 0.6) is 0 Å². The van der Waals surface area contributed by atoms with Crippen molar-refractivity contribution in [3.63, 3.8) is 0 Å². The second kappa shape index (κ2) is 9.59. The van der Waals surface area contributed by atoms with Gasteiger partial charge in [0.05, 0.1) is 11.4 Å². The fourth-order valence-corrected chi connectivity index (χ4v) is 4.92. The van der Waals surface area contributed by atoms with Crippen LogP contribution < -0.4 is 10.6 Å². The summed E-state index contributed by atoms with van der Waals surface area (Å²) in [4.78, 5) is 24.6. The number of piperidine rings is 1. The third-order valence-electron chi connectivity index (χ3n) is 5.02. The highest BCUT2D eigenvalue weighted by atomic mass is 35.5. The van der Waals surface area contributed by atoms with Crippen LogP contribution in [0.4, 0.5) is 5.69 Å². The first-order chi connectivity index (χ1) is 14.3. The van der Waals surface area contributed by atoms with Gasteiger partial charge in [-0.2, -0.15) is 4.31 Å². The summed E-state index contributed by atoms with van der Waals surface area (Å²) in [5, 5.41) is 5.77. The quantitative estimate of drug-likeness (QED) is 0.707. The van der Waals surface area contributed by atoms with E-state index in [-0.39, 0.29) is 17.0 Å². The van der Waals surface area contributed by atoms with Crippen LogP contribution in [0, 0.1) is 6.92 Å². The second-order valence-corrected chi connectivity index (χ2v) is 9.48. The minimum absolute atomic E-state index is 0.162. The maximum absolute atomic E-state index is 12.7. The first kappa shape index (κ1) is 22.3. The van der Waals surface area contributed by atoms with Crippen LogP contribution in [0.2, 0.25) is 5.02 Å². The molecule has 2 aromatic rings. The normalized spacial score (nSPS) is 14.9. The van der Waals surface area contributed by atoms with Gasteiger partial charge in [0, 0.05) is 29.4 Å². The van der Waals surface area contributed by atoms with Crippen LogP contribution in [0.15, 0.2) is 47.4 Å². The molecular weight excluding hydrogens is 426 g/mol. The second-order valence-electron chi connectivity index (χ2n) is 7.13. The molecule has 1 heterocycles. The smallest absolute Gasteiger partial charge is 0.251 e. The number of benzene rings is 2. The van der Waals surface area contributed by atoms with Gasteiger partial charge in [-0.05, 0) is 61.7 Å². The Morgan fingerprint density at radius 3 is 2.37 bits per heavy atom. The van der Waals surface area contributed by atoms with E-state index in [1.165, 1.54) is 28.6 Å². The highest BCUT2D eigenvalue weighted by Gasteiger charge is 2.26. The number of carbonyl (C=O) groups excluding carboxylic acids is 2. The van der Waals surface area contributed by atoms with Gasteiger partial charge >= 0.3 is 0 Å². The minimum atomic E-state index is -3.55. The number of sulfonamides is 1. The number of rotatable bonds is 6. The number of hydrogen-bond acceptors (Lipinski definition) is 4. The average Bonchev–Trinajstić information content (AvgIpc) is 2.76. The molecule has 1 aliphatic rings. The fraction of sp³-hybridized carbons (Fsp3) is 0.333. The maximum atomic E-state index is 12.7. The van der Waals surface area contributed by atoms with Crippen molar-refractivity contribution >= 4 is 39.1 Å². The molecular formula is C21H24ClN3O4S. The van der Waals surface area contributed by atoms with Gasteiger partial charge in [0.25, 0.3) is 5.91 Å². The lowest BCUT2D eigenvalue weighted by Crippen LogP contribution is -2.35. The third-order valence-corrected chi connectivity index (χ3v) is 7.34. The molecule has 9 heteroatoms. The molecule has 3 rings (SSSR count). The molecule has 30 heavy (non-hydrogen) atoms. The summed E-state index contributed by atoms with van der Waals surface area (Å²) in [6.45, 7) is 2.60. The Kier molecular flexibility index (Phi) is 7.12. The van der Waals surface area contributed by atoms with Crippen molar-refractivity contribution in [3.05, 3.63) is 58.6 Å². The first-order valence-electron chi connectivity index (χ1n) is 9.72. The van der Waals surface area contributed by atoms with Crippen LogP contribution in [-0.2, 0) is 14.8 Å². The summed E-state index contributed by atoms with van der Waals surface area (Å²) in [6.07, 6.45) is 2.75. The van der Waals surface area contributed by atoms with E-state index in [9.17, 15) is 18.0 Å². The van der Waals surface area contributed by atoms with E-state index in [0.717, 1.165) is 24.8 Å². The molecule has 160 valence electrons. The van der Waals surface area contributed by atoms with Crippen LogP contribution in [-0.4, -0.2) is 44.2 Å². The Morgan fingerprint density at radius 1 is 1.03 bits per heavy atom. The Labute approximate surface area is 181 Å². The zero-order chi connectivity index (χ0) is 21.7. The summed E-state index contributed by atoms with van der Waals surface area (Å²) >= 11 is 6.03. The van der Waals surface area contributed by atoms with Crippen molar-refractivity contribution in [2.75, 3.05) is 25.0 Å². The van der Waals surface area contributed by atoms with Gasteiger partial charge in [-0.1, -0.05) is 24.1 Å². The SMILES string of the molecule is Cc1c(Cl)cccc1NC(=O)CNC(=O)c1ccc(S(=O)(=O)N2CCCCC2)cc1. The van der Waals surface area contributed by atoms with Gasteiger partial charge in [-0.15, -0.1) is 0 Å². The molecule has 0 aliphatic carbocycles. The molecule has 0 saturated carbocycles. The van der Waals surface area contributed by atoms with Gasteiger partial charge in [-0.3, -0.25) is 9.59 Å². The number of hydrogen-bond donors (Lipinski definition) is 2. The van der Waals surface area contributed by atoms with E-state index in [1.807, 2.05) is 0 Å².